The zero-order valence-electron chi connectivity index (χ0n) is 21.9. The Morgan fingerprint density at radius 1 is 1.00 bits per heavy atom. The third-order valence-corrected chi connectivity index (χ3v) is 7.99. The number of benzene rings is 3. The van der Waals surface area contributed by atoms with Gasteiger partial charge in [0.05, 0.1) is 35.6 Å². The summed E-state index contributed by atoms with van der Waals surface area (Å²) >= 11 is 1.14. The Labute approximate surface area is 237 Å². The molecule has 0 saturated heterocycles. The van der Waals surface area contributed by atoms with E-state index in [-0.39, 0.29) is 16.4 Å². The molecule has 1 aromatic heterocycles. The summed E-state index contributed by atoms with van der Waals surface area (Å²) < 4.78 is 34.0. The Kier molecular flexibility index (Phi) is 8.74. The SMILES string of the molecule is COc1ccc(OC)c(-c2cc(-c3ccccc3)nc(SC(C)C(=O)Nc3ccc(S(N)(=O)=O)cc3)c2C#N)c1. The van der Waals surface area contributed by atoms with Crippen LogP contribution < -0.4 is 19.9 Å². The van der Waals surface area contributed by atoms with Crippen LogP contribution in [0.4, 0.5) is 5.69 Å². The fraction of sp³-hybridized carbons (Fsp3) is 0.138. The standard InChI is InChI=1S/C29H26N4O5S2/c1-18(28(34)32-20-9-12-22(13-10-20)40(31,35)36)39-29-25(17-30)23(16-26(33-29)19-7-5-4-6-8-19)24-15-21(37-2)11-14-27(24)38-3/h4-16,18H,1-3H3,(H,32,34)(H2,31,35,36). The van der Waals surface area contributed by atoms with E-state index < -0.39 is 15.3 Å². The molecular formula is C29H26N4O5S2. The summed E-state index contributed by atoms with van der Waals surface area (Å²) in [6, 6.07) is 24.5. The second-order valence-corrected chi connectivity index (χ2v) is 11.5. The third kappa shape index (κ3) is 6.43. The molecule has 1 unspecified atom stereocenters. The van der Waals surface area contributed by atoms with Crippen LogP contribution in [-0.2, 0) is 14.8 Å². The molecule has 0 bridgehead atoms. The van der Waals surface area contributed by atoms with Crippen molar-refractivity contribution in [3.63, 3.8) is 0 Å². The van der Waals surface area contributed by atoms with Crippen LogP contribution in [0.5, 0.6) is 11.5 Å². The van der Waals surface area contributed by atoms with Crippen LogP contribution in [0.1, 0.15) is 12.5 Å². The molecule has 0 saturated carbocycles. The molecule has 9 nitrogen and oxygen atoms in total. The molecule has 0 fully saturated rings. The molecule has 4 aromatic rings. The van der Waals surface area contributed by atoms with Crippen LogP contribution in [-0.4, -0.2) is 38.8 Å². The van der Waals surface area contributed by atoms with Crippen LogP contribution in [0.15, 0.2) is 88.8 Å². The summed E-state index contributed by atoms with van der Waals surface area (Å²) in [5, 5.41) is 17.9. The molecule has 204 valence electrons. The van der Waals surface area contributed by atoms with E-state index in [1.54, 1.807) is 39.3 Å². The number of nitrogens with zero attached hydrogens (tertiary/aromatic N) is 2. The molecule has 3 N–H and O–H groups in total. The summed E-state index contributed by atoms with van der Waals surface area (Å²) in [5.41, 5.74) is 3.37. The summed E-state index contributed by atoms with van der Waals surface area (Å²) in [6.07, 6.45) is 0. The Balaban J connectivity index is 1.74. The lowest BCUT2D eigenvalue weighted by Gasteiger charge is -2.17. The van der Waals surface area contributed by atoms with Gasteiger partial charge in [0.1, 0.15) is 22.6 Å². The zero-order chi connectivity index (χ0) is 28.9. The number of nitriles is 1. The molecule has 0 aliphatic heterocycles. The first-order valence-electron chi connectivity index (χ1n) is 12.0. The number of rotatable bonds is 9. The molecule has 0 aliphatic rings. The van der Waals surface area contributed by atoms with E-state index in [1.807, 2.05) is 36.4 Å². The number of carbonyl (C=O) groups excluding carboxylic acids is 1. The predicted molar refractivity (Wildman–Crippen MR) is 155 cm³/mol. The highest BCUT2D eigenvalue weighted by Gasteiger charge is 2.23. The van der Waals surface area contributed by atoms with Gasteiger partial charge in [-0.1, -0.05) is 42.1 Å². The van der Waals surface area contributed by atoms with Crippen molar-refractivity contribution in [2.45, 2.75) is 22.1 Å². The predicted octanol–water partition coefficient (Wildman–Crippen LogP) is 5.07. The molecule has 0 spiro atoms. The Hall–Kier alpha value is -4.37. The lowest BCUT2D eigenvalue weighted by Crippen LogP contribution is -2.22. The summed E-state index contributed by atoms with van der Waals surface area (Å²) in [5.74, 6) is 0.782. The number of hydrogen-bond acceptors (Lipinski definition) is 8. The summed E-state index contributed by atoms with van der Waals surface area (Å²) in [4.78, 5) is 17.8. The number of primary sulfonamides is 1. The number of thioether (sulfide) groups is 1. The first-order chi connectivity index (χ1) is 19.1. The molecule has 1 atom stereocenters. The van der Waals surface area contributed by atoms with Crippen LogP contribution in [0, 0.1) is 11.3 Å². The number of nitrogens with one attached hydrogen (secondary N) is 1. The number of hydrogen-bond donors (Lipinski definition) is 2. The van der Waals surface area contributed by atoms with Crippen LogP contribution in [0.2, 0.25) is 0 Å². The fourth-order valence-electron chi connectivity index (χ4n) is 3.90. The second-order valence-electron chi connectivity index (χ2n) is 8.60. The number of nitrogens with two attached hydrogens (primary N) is 1. The number of carbonyl (C=O) groups is 1. The molecule has 1 heterocycles. The van der Waals surface area contributed by atoms with Crippen LogP contribution in [0.3, 0.4) is 0 Å². The van der Waals surface area contributed by atoms with E-state index in [0.717, 1.165) is 17.3 Å². The van der Waals surface area contributed by atoms with E-state index in [2.05, 4.69) is 11.4 Å². The maximum absolute atomic E-state index is 13.1. The average molecular weight is 575 g/mol. The maximum atomic E-state index is 13.1. The van der Waals surface area contributed by atoms with E-state index in [4.69, 9.17) is 19.6 Å². The molecule has 1 amide bonds. The highest BCUT2D eigenvalue weighted by Crippen LogP contribution is 2.40. The van der Waals surface area contributed by atoms with Gasteiger partial charge < -0.3 is 14.8 Å². The maximum Gasteiger partial charge on any atom is 0.238 e. The number of pyridine rings is 1. The van der Waals surface area contributed by atoms with Crippen LogP contribution in [0.25, 0.3) is 22.4 Å². The normalized spacial score (nSPS) is 11.8. The number of anilines is 1. The van der Waals surface area contributed by atoms with Gasteiger partial charge in [0.2, 0.25) is 15.9 Å². The van der Waals surface area contributed by atoms with Gasteiger partial charge in [0.25, 0.3) is 0 Å². The van der Waals surface area contributed by atoms with Gasteiger partial charge in [-0.3, -0.25) is 4.79 Å². The van der Waals surface area contributed by atoms with Gasteiger partial charge in [-0.15, -0.1) is 0 Å². The number of ether oxygens (including phenoxy) is 2. The number of aromatic nitrogens is 1. The van der Waals surface area contributed by atoms with Gasteiger partial charge in [0.15, 0.2) is 0 Å². The van der Waals surface area contributed by atoms with Gasteiger partial charge >= 0.3 is 0 Å². The Bertz CT molecular complexity index is 1690. The van der Waals surface area contributed by atoms with Crippen LogP contribution >= 0.6 is 11.8 Å². The number of methoxy groups -OCH3 is 2. The monoisotopic (exact) mass is 574 g/mol. The smallest absolute Gasteiger partial charge is 0.238 e. The van der Waals surface area contributed by atoms with Crippen molar-refractivity contribution in [1.82, 2.24) is 4.98 Å². The number of amides is 1. The molecule has 0 radical (unpaired) electrons. The van der Waals surface area contributed by atoms with E-state index in [1.165, 1.54) is 24.3 Å². The van der Waals surface area contributed by atoms with Crippen molar-refractivity contribution in [2.75, 3.05) is 19.5 Å². The molecule has 11 heteroatoms. The average Bonchev–Trinajstić information content (AvgIpc) is 2.96. The topological polar surface area (TPSA) is 144 Å². The van der Waals surface area contributed by atoms with Crippen molar-refractivity contribution in [2.24, 2.45) is 5.14 Å². The minimum Gasteiger partial charge on any atom is -0.497 e. The minimum absolute atomic E-state index is 0.0611. The van der Waals surface area contributed by atoms with Crippen molar-refractivity contribution in [3.05, 3.63) is 84.4 Å². The molecule has 4 rings (SSSR count). The molecule has 0 aliphatic carbocycles. The largest absolute Gasteiger partial charge is 0.497 e. The summed E-state index contributed by atoms with van der Waals surface area (Å²) in [6.45, 7) is 1.70. The highest BCUT2D eigenvalue weighted by atomic mass is 32.2. The first kappa shape index (κ1) is 28.6. The lowest BCUT2D eigenvalue weighted by atomic mass is 9.98. The van der Waals surface area contributed by atoms with Gasteiger partial charge in [-0.05, 0) is 55.5 Å². The first-order valence-corrected chi connectivity index (χ1v) is 14.4. The summed E-state index contributed by atoms with van der Waals surface area (Å²) in [7, 11) is -0.741. The molecule has 3 aromatic carbocycles. The van der Waals surface area contributed by atoms with Crippen molar-refractivity contribution in [3.8, 4) is 40.0 Å². The number of sulfonamides is 1. The van der Waals surface area contributed by atoms with E-state index in [9.17, 15) is 18.5 Å². The van der Waals surface area contributed by atoms with E-state index >= 15 is 0 Å². The van der Waals surface area contributed by atoms with Crippen molar-refractivity contribution in [1.29, 1.82) is 5.26 Å². The molecular weight excluding hydrogens is 548 g/mol. The second kappa shape index (κ2) is 12.2. The third-order valence-electron chi connectivity index (χ3n) is 5.97. The Morgan fingerprint density at radius 3 is 2.30 bits per heavy atom. The quantitative estimate of drug-likeness (QED) is 0.264. The van der Waals surface area contributed by atoms with Crippen molar-refractivity contribution >= 4 is 33.4 Å². The van der Waals surface area contributed by atoms with Crippen molar-refractivity contribution < 1.29 is 22.7 Å². The minimum atomic E-state index is -3.85. The highest BCUT2D eigenvalue weighted by molar-refractivity contribution is 8.00. The zero-order valence-corrected chi connectivity index (χ0v) is 23.5. The van der Waals surface area contributed by atoms with Gasteiger partial charge in [-0.25, -0.2) is 18.5 Å². The fourth-order valence-corrected chi connectivity index (χ4v) is 5.34. The lowest BCUT2D eigenvalue weighted by molar-refractivity contribution is -0.115. The molecule has 40 heavy (non-hydrogen) atoms. The van der Waals surface area contributed by atoms with Gasteiger partial charge in [-0.2, -0.15) is 5.26 Å². The van der Waals surface area contributed by atoms with Gasteiger partial charge in [0, 0.05) is 22.4 Å². The van der Waals surface area contributed by atoms with E-state index in [0.29, 0.717) is 39.0 Å². The Morgan fingerprint density at radius 2 is 1.70 bits per heavy atom.